The number of rotatable bonds is 5. The summed E-state index contributed by atoms with van der Waals surface area (Å²) in [5.74, 6) is 1.95. The predicted molar refractivity (Wildman–Crippen MR) is 195 cm³/mol. The van der Waals surface area contributed by atoms with E-state index >= 15 is 0 Å². The van der Waals surface area contributed by atoms with Crippen molar-refractivity contribution in [2.45, 2.75) is 0 Å². The molecule has 9 rings (SSSR count). The largest absolute Gasteiger partial charge is 0.264 e. The Morgan fingerprint density at radius 3 is 1.62 bits per heavy atom. The van der Waals surface area contributed by atoms with E-state index in [1.807, 2.05) is 48.8 Å². The number of thiophene rings is 1. The maximum absolute atomic E-state index is 5.13. The van der Waals surface area contributed by atoms with Crippen molar-refractivity contribution >= 4 is 42.3 Å². The lowest BCUT2D eigenvalue weighted by Gasteiger charge is -2.11. The molecule has 3 heterocycles. The molecule has 0 saturated carbocycles. The minimum absolute atomic E-state index is 0.643. The van der Waals surface area contributed by atoms with Gasteiger partial charge in [-0.25, -0.2) is 15.0 Å². The zero-order chi connectivity index (χ0) is 31.2. The first kappa shape index (κ1) is 27.3. The van der Waals surface area contributed by atoms with E-state index in [2.05, 4.69) is 114 Å². The number of pyridine rings is 1. The fourth-order valence-electron chi connectivity index (χ4n) is 6.27. The second-order valence-corrected chi connectivity index (χ2v) is 12.6. The highest BCUT2D eigenvalue weighted by molar-refractivity contribution is 7.26. The topological polar surface area (TPSA) is 51.6 Å². The third kappa shape index (κ3) is 4.94. The average Bonchev–Trinajstić information content (AvgIpc) is 3.54. The standard InChI is InChI=1S/C42H26N4S/c1-3-8-27(9-4-1)28-14-16-29(17-15-28)30-18-20-33(21-19-30)41-44-40(32-10-5-2-6-11-32)45-42(46-41)35-13-7-12-31-22-23-34-36-26-43-25-24-37(36)47-39(34)38(31)35/h1-26H. The second-order valence-electron chi connectivity index (χ2n) is 11.5. The molecule has 0 radical (unpaired) electrons. The highest BCUT2D eigenvalue weighted by Gasteiger charge is 2.17. The summed E-state index contributed by atoms with van der Waals surface area (Å²) >= 11 is 1.79. The zero-order valence-electron chi connectivity index (χ0n) is 25.2. The normalized spacial score (nSPS) is 11.4. The van der Waals surface area contributed by atoms with Gasteiger partial charge in [0.25, 0.3) is 0 Å². The van der Waals surface area contributed by atoms with Crippen molar-refractivity contribution < 1.29 is 0 Å². The lowest BCUT2D eigenvalue weighted by atomic mass is 9.99. The lowest BCUT2D eigenvalue weighted by Crippen LogP contribution is -2.00. The minimum atomic E-state index is 0.643. The van der Waals surface area contributed by atoms with E-state index in [0.717, 1.165) is 38.6 Å². The Hall–Kier alpha value is -6.04. The SMILES string of the molecule is c1ccc(-c2ccc(-c3ccc(-c4nc(-c5ccccc5)nc(-c5cccc6ccc7c8cnccc8sc7c56)n4)cc3)cc2)cc1. The Morgan fingerprint density at radius 2 is 0.957 bits per heavy atom. The third-order valence-electron chi connectivity index (χ3n) is 8.66. The first-order valence-electron chi connectivity index (χ1n) is 15.5. The van der Waals surface area contributed by atoms with Gasteiger partial charge < -0.3 is 0 Å². The van der Waals surface area contributed by atoms with Crippen LogP contribution in [0.2, 0.25) is 0 Å². The molecule has 0 aliphatic rings. The van der Waals surface area contributed by atoms with Gasteiger partial charge in [-0.2, -0.15) is 0 Å². The summed E-state index contributed by atoms with van der Waals surface area (Å²) in [5, 5.41) is 4.67. The highest BCUT2D eigenvalue weighted by Crippen LogP contribution is 2.41. The summed E-state index contributed by atoms with van der Waals surface area (Å²) in [4.78, 5) is 19.6. The molecule has 0 fully saturated rings. The van der Waals surface area contributed by atoms with Crippen molar-refractivity contribution in [1.29, 1.82) is 0 Å². The van der Waals surface area contributed by atoms with Crippen molar-refractivity contribution in [3.05, 3.63) is 158 Å². The van der Waals surface area contributed by atoms with Gasteiger partial charge in [-0.05, 0) is 33.7 Å². The van der Waals surface area contributed by atoms with E-state index in [0.29, 0.717) is 17.5 Å². The summed E-state index contributed by atoms with van der Waals surface area (Å²) < 4.78 is 2.43. The summed E-state index contributed by atoms with van der Waals surface area (Å²) in [5.41, 5.74) is 7.60. The monoisotopic (exact) mass is 618 g/mol. The average molecular weight is 619 g/mol. The van der Waals surface area contributed by atoms with Crippen LogP contribution >= 0.6 is 11.3 Å². The van der Waals surface area contributed by atoms with Crippen LogP contribution in [0.3, 0.4) is 0 Å². The molecule has 220 valence electrons. The molecular formula is C42H26N4S. The van der Waals surface area contributed by atoms with E-state index in [-0.39, 0.29) is 0 Å². The molecule has 0 aliphatic heterocycles. The van der Waals surface area contributed by atoms with Gasteiger partial charge >= 0.3 is 0 Å². The highest BCUT2D eigenvalue weighted by atomic mass is 32.1. The van der Waals surface area contributed by atoms with Crippen LogP contribution in [0, 0.1) is 0 Å². The molecule has 3 aromatic heterocycles. The molecule has 0 spiro atoms. The van der Waals surface area contributed by atoms with Crippen molar-refractivity contribution in [2.75, 3.05) is 0 Å². The van der Waals surface area contributed by atoms with Gasteiger partial charge in [0, 0.05) is 54.6 Å². The molecule has 6 aromatic carbocycles. The molecule has 0 amide bonds. The predicted octanol–water partition coefficient (Wildman–Crippen LogP) is 11.1. The number of hydrogen-bond donors (Lipinski definition) is 0. The van der Waals surface area contributed by atoms with Crippen LogP contribution in [0.4, 0.5) is 0 Å². The van der Waals surface area contributed by atoms with E-state index in [4.69, 9.17) is 15.0 Å². The van der Waals surface area contributed by atoms with Crippen LogP contribution in [0.15, 0.2) is 158 Å². The summed E-state index contributed by atoms with van der Waals surface area (Å²) in [6.45, 7) is 0. The third-order valence-corrected chi connectivity index (χ3v) is 9.86. The van der Waals surface area contributed by atoms with Gasteiger partial charge in [0.1, 0.15) is 0 Å². The van der Waals surface area contributed by atoms with Gasteiger partial charge in [-0.1, -0.05) is 140 Å². The molecule has 4 nitrogen and oxygen atoms in total. The number of nitrogens with zero attached hydrogens (tertiary/aromatic N) is 4. The maximum Gasteiger partial charge on any atom is 0.164 e. The maximum atomic E-state index is 5.13. The Balaban J connectivity index is 1.17. The summed E-state index contributed by atoms with van der Waals surface area (Å²) in [6, 6.07) is 50.6. The number of hydrogen-bond acceptors (Lipinski definition) is 5. The minimum Gasteiger partial charge on any atom is -0.264 e. The summed E-state index contributed by atoms with van der Waals surface area (Å²) in [7, 11) is 0. The van der Waals surface area contributed by atoms with Crippen LogP contribution in [-0.4, -0.2) is 19.9 Å². The molecule has 9 aromatic rings. The van der Waals surface area contributed by atoms with Crippen molar-refractivity contribution in [2.24, 2.45) is 0 Å². The summed E-state index contributed by atoms with van der Waals surface area (Å²) in [6.07, 6.45) is 3.81. The van der Waals surface area contributed by atoms with Crippen molar-refractivity contribution in [3.63, 3.8) is 0 Å². The molecule has 5 heteroatoms. The van der Waals surface area contributed by atoms with Crippen LogP contribution in [0.5, 0.6) is 0 Å². The molecule has 0 N–H and O–H groups in total. The van der Waals surface area contributed by atoms with Crippen LogP contribution in [0.1, 0.15) is 0 Å². The van der Waals surface area contributed by atoms with E-state index in [1.54, 1.807) is 11.3 Å². The van der Waals surface area contributed by atoms with Gasteiger partial charge in [-0.3, -0.25) is 4.98 Å². The van der Waals surface area contributed by atoms with Gasteiger partial charge in [0.15, 0.2) is 17.5 Å². The van der Waals surface area contributed by atoms with E-state index in [1.165, 1.54) is 31.3 Å². The Morgan fingerprint density at radius 1 is 0.404 bits per heavy atom. The number of benzene rings is 6. The fourth-order valence-corrected chi connectivity index (χ4v) is 7.51. The van der Waals surface area contributed by atoms with Gasteiger partial charge in [-0.15, -0.1) is 11.3 Å². The molecule has 0 atom stereocenters. The molecule has 47 heavy (non-hydrogen) atoms. The van der Waals surface area contributed by atoms with Crippen LogP contribution in [0.25, 0.3) is 87.4 Å². The molecular weight excluding hydrogens is 593 g/mol. The fraction of sp³-hybridized carbons (Fsp3) is 0. The first-order chi connectivity index (χ1) is 23.3. The molecule has 0 aliphatic carbocycles. The quantitative estimate of drug-likeness (QED) is 0.193. The first-order valence-corrected chi connectivity index (χ1v) is 16.4. The van der Waals surface area contributed by atoms with Crippen molar-refractivity contribution in [3.8, 4) is 56.4 Å². The second kappa shape index (κ2) is 11.4. The smallest absolute Gasteiger partial charge is 0.164 e. The lowest BCUT2D eigenvalue weighted by molar-refractivity contribution is 1.08. The molecule has 0 saturated heterocycles. The van der Waals surface area contributed by atoms with Crippen LogP contribution < -0.4 is 0 Å². The number of aromatic nitrogens is 4. The Bertz CT molecular complexity index is 2540. The van der Waals surface area contributed by atoms with Gasteiger partial charge in [0.2, 0.25) is 0 Å². The van der Waals surface area contributed by atoms with E-state index in [9.17, 15) is 0 Å². The zero-order valence-corrected chi connectivity index (χ0v) is 26.0. The molecule has 0 unspecified atom stereocenters. The number of fused-ring (bicyclic) bond motifs is 5. The van der Waals surface area contributed by atoms with Gasteiger partial charge in [0.05, 0.1) is 0 Å². The van der Waals surface area contributed by atoms with Crippen LogP contribution in [-0.2, 0) is 0 Å². The Kier molecular flexibility index (Phi) is 6.61. The molecule has 0 bridgehead atoms. The van der Waals surface area contributed by atoms with E-state index < -0.39 is 0 Å². The van der Waals surface area contributed by atoms with Crippen molar-refractivity contribution in [1.82, 2.24) is 19.9 Å². The Labute approximate surface area is 275 Å².